The number of fused-ring (bicyclic) bond motifs is 2. The maximum absolute atomic E-state index is 13.4. The maximum atomic E-state index is 13.4. The number of alkyl halides is 6. The summed E-state index contributed by atoms with van der Waals surface area (Å²) in [5, 5.41) is 0. The van der Waals surface area contributed by atoms with E-state index in [1.54, 1.807) is 24.3 Å². The molecule has 7 rings (SSSR count). The first-order valence-electron chi connectivity index (χ1n) is 17.7. The maximum Gasteiger partial charge on any atom is -0.147 e. The number of hydrogen-bond donors (Lipinski definition) is 0. The SMILES string of the molecule is CC(C)CC1=Cc2c(-c3ccc(C(F)(F)F)cc3)cccc2[CH]1[Hf]1([CH]2C(CC(C)C)=Cc3c(-c4ccc(C(F)(F)F)cc4)cccc32)[CH2]C[CH2]1.Cl.Cl. The van der Waals surface area contributed by atoms with Crippen molar-refractivity contribution in [2.75, 3.05) is 0 Å². The summed E-state index contributed by atoms with van der Waals surface area (Å²) in [6.45, 7) is 9.03. The van der Waals surface area contributed by atoms with Gasteiger partial charge in [0.05, 0.1) is 0 Å². The normalized spacial score (nSPS) is 18.9. The number of allylic oxidation sites excluding steroid dienone is 2. The van der Waals surface area contributed by atoms with Crippen molar-refractivity contribution < 1.29 is 46.3 Å². The zero-order chi connectivity index (χ0) is 35.6. The molecule has 9 heteroatoms. The number of rotatable bonds is 8. The summed E-state index contributed by atoms with van der Waals surface area (Å²) in [6, 6.07) is 23.9. The first kappa shape index (κ1) is 40.6. The van der Waals surface area contributed by atoms with Crippen LogP contribution in [0.25, 0.3) is 34.4 Å². The van der Waals surface area contributed by atoms with Gasteiger partial charge in [-0.15, -0.1) is 24.8 Å². The largest absolute Gasteiger partial charge is 0.147 e. The van der Waals surface area contributed by atoms with E-state index in [0.717, 1.165) is 46.2 Å². The van der Waals surface area contributed by atoms with Gasteiger partial charge in [0.1, 0.15) is 0 Å². The average molecular weight is 924 g/mol. The standard InChI is InChI=1S/2C20H18F3.C3H6.2ClH.Hf/c2*1-13(2)10-14-11-16-4-3-5-18(19(16)12-14)15-6-8-17(9-7-15)20(21,22)23;1-3-2;;;/h2*3-9,11-13H,10H2,1-2H3;1-3H2;2*1H;. The van der Waals surface area contributed by atoms with Crippen LogP contribution < -0.4 is 0 Å². The average Bonchev–Trinajstić information content (AvgIpc) is 3.57. The molecule has 2 atom stereocenters. The van der Waals surface area contributed by atoms with E-state index >= 15 is 0 Å². The molecule has 0 N–H and O–H groups in total. The minimum absolute atomic E-state index is 0. The molecule has 0 amide bonds. The Hall–Kier alpha value is -2.61. The molecule has 1 aliphatic heterocycles. The van der Waals surface area contributed by atoms with Crippen LogP contribution in [0.2, 0.25) is 8.35 Å². The zero-order valence-electron chi connectivity index (χ0n) is 29.7. The van der Waals surface area contributed by atoms with Gasteiger partial charge in [-0.25, -0.2) is 0 Å². The summed E-state index contributed by atoms with van der Waals surface area (Å²) in [6.07, 6.45) is -0.850. The second-order valence-electron chi connectivity index (χ2n) is 15.4. The van der Waals surface area contributed by atoms with Crippen LogP contribution in [0.5, 0.6) is 0 Å². The van der Waals surface area contributed by atoms with E-state index in [2.05, 4.69) is 64.1 Å². The predicted octanol–water partition coefficient (Wildman–Crippen LogP) is 15.0. The fraction of sp³-hybridized carbons (Fsp3) is 0.349. The number of hydrogen-bond acceptors (Lipinski definition) is 0. The fourth-order valence-corrected chi connectivity index (χ4v) is 31.7. The molecule has 0 radical (unpaired) electrons. The molecule has 2 aliphatic carbocycles. The summed E-state index contributed by atoms with van der Waals surface area (Å²) in [4.78, 5) is 0. The van der Waals surface area contributed by atoms with Crippen LogP contribution in [0, 0.1) is 11.8 Å². The van der Waals surface area contributed by atoms with Gasteiger partial charge in [0.15, 0.2) is 0 Å². The van der Waals surface area contributed by atoms with Crippen LogP contribution in [0.4, 0.5) is 26.3 Å². The van der Waals surface area contributed by atoms with Crippen molar-refractivity contribution in [2.45, 2.75) is 75.0 Å². The van der Waals surface area contributed by atoms with Crippen molar-refractivity contribution in [1.29, 1.82) is 0 Å². The summed E-state index contributed by atoms with van der Waals surface area (Å²) in [5.41, 5.74) is 10.2. The summed E-state index contributed by atoms with van der Waals surface area (Å²) < 4.78 is 83.9. The second kappa shape index (κ2) is 15.3. The van der Waals surface area contributed by atoms with E-state index in [0.29, 0.717) is 19.2 Å². The first-order valence-corrected chi connectivity index (χ1v) is 26.9. The Balaban J connectivity index is 0.00000261. The second-order valence-corrected chi connectivity index (χ2v) is 32.0. The molecule has 4 aromatic carbocycles. The molecule has 52 heavy (non-hydrogen) atoms. The van der Waals surface area contributed by atoms with Crippen LogP contribution >= 0.6 is 24.8 Å². The van der Waals surface area contributed by atoms with Gasteiger partial charge < -0.3 is 0 Å². The third kappa shape index (κ3) is 7.40. The van der Waals surface area contributed by atoms with Crippen LogP contribution in [-0.2, 0) is 32.3 Å². The Morgan fingerprint density at radius 2 is 0.923 bits per heavy atom. The Morgan fingerprint density at radius 1 is 0.558 bits per heavy atom. The van der Waals surface area contributed by atoms with Gasteiger partial charge in [-0.1, -0.05) is 0 Å². The van der Waals surface area contributed by atoms with Crippen LogP contribution in [0.3, 0.4) is 0 Å². The predicted molar refractivity (Wildman–Crippen MR) is 203 cm³/mol. The molecule has 276 valence electrons. The molecular weight excluding hydrogens is 880 g/mol. The van der Waals surface area contributed by atoms with Gasteiger partial charge in [0, 0.05) is 0 Å². The molecule has 3 aliphatic rings. The van der Waals surface area contributed by atoms with E-state index in [4.69, 9.17) is 0 Å². The van der Waals surface area contributed by atoms with Crippen molar-refractivity contribution >= 4 is 37.0 Å². The molecule has 4 aromatic rings. The van der Waals surface area contributed by atoms with Gasteiger partial charge in [0.25, 0.3) is 0 Å². The van der Waals surface area contributed by atoms with Gasteiger partial charge in [-0.3, -0.25) is 0 Å². The molecule has 2 unspecified atom stereocenters. The molecule has 0 nitrogen and oxygen atoms in total. The molecule has 0 saturated carbocycles. The summed E-state index contributed by atoms with van der Waals surface area (Å²) in [7, 11) is 0. The van der Waals surface area contributed by atoms with Crippen LogP contribution in [0.1, 0.15) is 87.7 Å². The minimum Gasteiger partial charge on any atom is -0.147 e. The van der Waals surface area contributed by atoms with Crippen molar-refractivity contribution in [1.82, 2.24) is 0 Å². The minimum atomic E-state index is -4.39. The van der Waals surface area contributed by atoms with Crippen molar-refractivity contribution in [3.05, 3.63) is 129 Å². The Kier molecular flexibility index (Phi) is 11.9. The van der Waals surface area contributed by atoms with E-state index in [1.165, 1.54) is 61.3 Å². The van der Waals surface area contributed by atoms with Crippen molar-refractivity contribution in [3.8, 4) is 22.3 Å². The van der Waals surface area contributed by atoms with E-state index in [1.807, 2.05) is 12.1 Å². The molecular formula is C43H44Cl2F6Hf. The third-order valence-corrected chi connectivity index (χ3v) is 33.5. The van der Waals surface area contributed by atoms with Crippen LogP contribution in [-0.4, -0.2) is 0 Å². The first-order chi connectivity index (χ1) is 23.7. The van der Waals surface area contributed by atoms with Gasteiger partial charge >= 0.3 is 297 Å². The monoisotopic (exact) mass is 924 g/mol. The molecule has 0 bridgehead atoms. The molecule has 1 saturated heterocycles. The summed E-state index contributed by atoms with van der Waals surface area (Å²) >= 11 is -3.44. The molecule has 0 spiro atoms. The molecule has 0 aromatic heterocycles. The topological polar surface area (TPSA) is 0 Å². The fourth-order valence-electron chi connectivity index (χ4n) is 9.09. The Labute approximate surface area is 320 Å². The van der Waals surface area contributed by atoms with Crippen LogP contribution in [0.15, 0.2) is 96.1 Å². The molecule has 1 fully saturated rings. The number of benzene rings is 4. The van der Waals surface area contributed by atoms with Gasteiger partial charge in [-0.05, 0) is 0 Å². The van der Waals surface area contributed by atoms with E-state index in [-0.39, 0.29) is 24.8 Å². The zero-order valence-corrected chi connectivity index (χ0v) is 34.9. The number of halogens is 8. The van der Waals surface area contributed by atoms with Gasteiger partial charge in [0.2, 0.25) is 0 Å². The smallest absolute Gasteiger partial charge is 0.147 e. The quantitative estimate of drug-likeness (QED) is 0.122. The van der Waals surface area contributed by atoms with E-state index < -0.39 is 43.4 Å². The Morgan fingerprint density at radius 3 is 1.21 bits per heavy atom. The van der Waals surface area contributed by atoms with Gasteiger partial charge in [-0.2, -0.15) is 0 Å². The van der Waals surface area contributed by atoms with Crippen molar-refractivity contribution in [3.63, 3.8) is 0 Å². The Bertz CT molecular complexity index is 1830. The van der Waals surface area contributed by atoms with E-state index in [9.17, 15) is 26.3 Å². The van der Waals surface area contributed by atoms with Crippen molar-refractivity contribution in [2.24, 2.45) is 11.8 Å². The molecule has 1 heterocycles. The third-order valence-electron chi connectivity index (χ3n) is 11.1. The summed E-state index contributed by atoms with van der Waals surface area (Å²) in [5.74, 6) is 0.900.